The molecule has 2 aromatic rings. The summed E-state index contributed by atoms with van der Waals surface area (Å²) in [6.45, 7) is 0. The first-order chi connectivity index (χ1) is 8.59. The zero-order chi connectivity index (χ0) is 13.1. The Morgan fingerprint density at radius 2 is 1.72 bits per heavy atom. The van der Waals surface area contributed by atoms with Crippen molar-refractivity contribution in [2.75, 3.05) is 5.73 Å². The van der Waals surface area contributed by atoms with E-state index in [-0.39, 0.29) is 0 Å². The fourth-order valence-electron chi connectivity index (χ4n) is 1.31. The summed E-state index contributed by atoms with van der Waals surface area (Å²) in [7, 11) is 0. The molecule has 1 heterocycles. The lowest BCUT2D eigenvalue weighted by Crippen LogP contribution is -1.95. The minimum atomic E-state index is 0.379. The third-order valence-electron chi connectivity index (χ3n) is 2.24. The maximum absolute atomic E-state index is 6.00. The number of pyridine rings is 1. The summed E-state index contributed by atoms with van der Waals surface area (Å²) in [5.74, 6) is 0. The molecule has 2 rings (SSSR count). The molecule has 1 aromatic heterocycles. The van der Waals surface area contributed by atoms with Crippen molar-refractivity contribution in [2.24, 2.45) is 4.99 Å². The highest BCUT2D eigenvalue weighted by Gasteiger charge is 2.04. The highest BCUT2D eigenvalue weighted by molar-refractivity contribution is 6.39. The van der Waals surface area contributed by atoms with Crippen molar-refractivity contribution < 1.29 is 0 Å². The van der Waals surface area contributed by atoms with E-state index in [1.807, 2.05) is 0 Å². The fourth-order valence-corrected chi connectivity index (χ4v) is 1.97. The second-order valence-corrected chi connectivity index (χ2v) is 4.67. The van der Waals surface area contributed by atoms with Crippen LogP contribution in [0.25, 0.3) is 0 Å². The molecular formula is C12H8Cl3N3. The average Bonchev–Trinajstić information content (AvgIpc) is 2.33. The van der Waals surface area contributed by atoms with E-state index in [0.717, 1.165) is 0 Å². The van der Waals surface area contributed by atoms with Gasteiger partial charge in [-0.1, -0.05) is 40.9 Å². The van der Waals surface area contributed by atoms with Gasteiger partial charge in [0, 0.05) is 24.2 Å². The Bertz CT molecular complexity index is 591. The zero-order valence-electron chi connectivity index (χ0n) is 9.07. The number of hydrogen-bond acceptors (Lipinski definition) is 3. The van der Waals surface area contributed by atoms with Crippen molar-refractivity contribution in [1.82, 2.24) is 4.98 Å². The Labute approximate surface area is 119 Å². The molecule has 0 saturated heterocycles. The molecule has 92 valence electrons. The molecule has 0 radical (unpaired) electrons. The summed E-state index contributed by atoms with van der Waals surface area (Å²) < 4.78 is 0. The molecule has 0 aliphatic rings. The van der Waals surface area contributed by atoms with E-state index >= 15 is 0 Å². The maximum Gasteiger partial charge on any atom is 0.100 e. The number of rotatable bonds is 2. The summed E-state index contributed by atoms with van der Waals surface area (Å²) in [5, 5.41) is 1.31. The van der Waals surface area contributed by atoms with Gasteiger partial charge in [-0.05, 0) is 12.1 Å². The Kier molecular flexibility index (Phi) is 4.07. The Balaban J connectivity index is 2.39. The molecule has 0 amide bonds. The molecule has 6 heteroatoms. The first kappa shape index (κ1) is 13.1. The number of anilines is 1. The molecule has 2 N–H and O–H groups in total. The Morgan fingerprint density at radius 1 is 1.06 bits per heavy atom. The molecule has 0 aliphatic heterocycles. The molecule has 0 aliphatic carbocycles. The van der Waals surface area contributed by atoms with Gasteiger partial charge in [-0.3, -0.25) is 9.98 Å². The highest BCUT2D eigenvalue weighted by Crippen LogP contribution is 2.32. The highest BCUT2D eigenvalue weighted by atomic mass is 35.5. The van der Waals surface area contributed by atoms with Crippen LogP contribution in [-0.2, 0) is 0 Å². The van der Waals surface area contributed by atoms with Crippen LogP contribution in [0.4, 0.5) is 11.4 Å². The molecule has 0 spiro atoms. The van der Waals surface area contributed by atoms with Crippen LogP contribution in [0.5, 0.6) is 0 Å². The standard InChI is InChI=1S/C12H8Cl3N3/c13-8-2-1-3-9(14)12(8)18-5-7-4-17-6-10(15)11(7)16/h1-6H,(H2,16,17). The van der Waals surface area contributed by atoms with E-state index < -0.39 is 0 Å². The lowest BCUT2D eigenvalue weighted by atomic mass is 10.2. The van der Waals surface area contributed by atoms with Crippen LogP contribution < -0.4 is 5.73 Å². The summed E-state index contributed by atoms with van der Waals surface area (Å²) >= 11 is 17.8. The lowest BCUT2D eigenvalue weighted by molar-refractivity contribution is 1.32. The number of hydrogen-bond donors (Lipinski definition) is 1. The smallest absolute Gasteiger partial charge is 0.100 e. The van der Waals surface area contributed by atoms with Gasteiger partial charge in [0.2, 0.25) is 0 Å². The van der Waals surface area contributed by atoms with E-state index in [0.29, 0.717) is 32.0 Å². The number of nitrogen functional groups attached to an aromatic ring is 1. The van der Waals surface area contributed by atoms with E-state index in [9.17, 15) is 0 Å². The minimum absolute atomic E-state index is 0.379. The van der Waals surface area contributed by atoms with Crippen LogP contribution in [0.1, 0.15) is 5.56 Å². The number of benzene rings is 1. The average molecular weight is 301 g/mol. The van der Waals surface area contributed by atoms with Crippen molar-refractivity contribution >= 4 is 52.4 Å². The summed E-state index contributed by atoms with van der Waals surface area (Å²) in [4.78, 5) is 8.14. The van der Waals surface area contributed by atoms with Crippen LogP contribution in [-0.4, -0.2) is 11.2 Å². The zero-order valence-corrected chi connectivity index (χ0v) is 11.3. The summed E-state index contributed by atoms with van der Waals surface area (Å²) in [6.07, 6.45) is 4.56. The third kappa shape index (κ3) is 2.75. The quantitative estimate of drug-likeness (QED) is 0.837. The van der Waals surface area contributed by atoms with Gasteiger partial charge in [-0.2, -0.15) is 0 Å². The van der Waals surface area contributed by atoms with Gasteiger partial charge < -0.3 is 5.73 Å². The van der Waals surface area contributed by atoms with Crippen molar-refractivity contribution in [3.63, 3.8) is 0 Å². The van der Waals surface area contributed by atoms with Crippen LogP contribution in [0, 0.1) is 0 Å². The monoisotopic (exact) mass is 299 g/mol. The van der Waals surface area contributed by atoms with Gasteiger partial charge in [0.25, 0.3) is 0 Å². The van der Waals surface area contributed by atoms with Crippen molar-refractivity contribution in [2.45, 2.75) is 0 Å². The van der Waals surface area contributed by atoms with Crippen molar-refractivity contribution in [3.8, 4) is 0 Å². The van der Waals surface area contributed by atoms with Gasteiger partial charge in [0.05, 0.1) is 20.8 Å². The second kappa shape index (κ2) is 5.57. The number of aromatic nitrogens is 1. The molecule has 18 heavy (non-hydrogen) atoms. The Morgan fingerprint density at radius 3 is 2.39 bits per heavy atom. The van der Waals surface area contributed by atoms with E-state index in [4.69, 9.17) is 40.5 Å². The number of halogens is 3. The molecule has 0 bridgehead atoms. The molecule has 3 nitrogen and oxygen atoms in total. The van der Waals surface area contributed by atoms with Crippen LogP contribution in [0.15, 0.2) is 35.6 Å². The number of nitrogens with zero attached hydrogens (tertiary/aromatic N) is 2. The molecule has 1 aromatic carbocycles. The van der Waals surface area contributed by atoms with Crippen LogP contribution >= 0.6 is 34.8 Å². The van der Waals surface area contributed by atoms with Gasteiger partial charge in [-0.15, -0.1) is 0 Å². The molecule has 0 fully saturated rings. The van der Waals surface area contributed by atoms with Crippen molar-refractivity contribution in [1.29, 1.82) is 0 Å². The fraction of sp³-hybridized carbons (Fsp3) is 0. The SMILES string of the molecule is Nc1c(Cl)cncc1C=Nc1c(Cl)cccc1Cl. The molecular weight excluding hydrogens is 293 g/mol. The normalized spacial score (nSPS) is 11.1. The topological polar surface area (TPSA) is 51.3 Å². The molecule has 0 unspecified atom stereocenters. The first-order valence-corrected chi connectivity index (χ1v) is 6.10. The van der Waals surface area contributed by atoms with Crippen molar-refractivity contribution in [3.05, 3.63) is 51.2 Å². The maximum atomic E-state index is 6.00. The van der Waals surface area contributed by atoms with Crippen LogP contribution in [0.3, 0.4) is 0 Å². The number of nitrogens with two attached hydrogens (primary N) is 1. The van der Waals surface area contributed by atoms with Gasteiger partial charge in [0.1, 0.15) is 5.69 Å². The first-order valence-electron chi connectivity index (χ1n) is 4.96. The van der Waals surface area contributed by atoms with Gasteiger partial charge in [-0.25, -0.2) is 0 Å². The van der Waals surface area contributed by atoms with E-state index in [1.54, 1.807) is 24.4 Å². The van der Waals surface area contributed by atoms with Gasteiger partial charge >= 0.3 is 0 Å². The predicted molar refractivity (Wildman–Crippen MR) is 77.4 cm³/mol. The van der Waals surface area contributed by atoms with E-state index in [2.05, 4.69) is 9.98 Å². The summed E-state index contributed by atoms with van der Waals surface area (Å²) in [6, 6.07) is 5.17. The van der Waals surface area contributed by atoms with Crippen LogP contribution in [0.2, 0.25) is 15.1 Å². The molecule has 0 atom stereocenters. The largest absolute Gasteiger partial charge is 0.397 e. The second-order valence-electron chi connectivity index (χ2n) is 3.45. The molecule has 0 saturated carbocycles. The predicted octanol–water partition coefficient (Wildman–Crippen LogP) is 4.37. The summed E-state index contributed by atoms with van der Waals surface area (Å²) in [5.41, 5.74) is 7.31. The third-order valence-corrected chi connectivity index (χ3v) is 3.15. The number of aliphatic imine (C=N–C) groups is 1. The van der Waals surface area contributed by atoms with E-state index in [1.165, 1.54) is 12.4 Å². The number of para-hydroxylation sites is 1. The lowest BCUT2D eigenvalue weighted by Gasteiger charge is -2.02. The van der Waals surface area contributed by atoms with Gasteiger partial charge in [0.15, 0.2) is 0 Å². The minimum Gasteiger partial charge on any atom is -0.397 e. The Hall–Kier alpha value is -1.29.